The molecule has 0 saturated carbocycles. The fourth-order valence-corrected chi connectivity index (χ4v) is 0.917. The van der Waals surface area contributed by atoms with Gasteiger partial charge in [-0.25, -0.2) is 4.57 Å². The van der Waals surface area contributed by atoms with Crippen LogP contribution in [-0.4, -0.2) is 26.4 Å². The molecule has 0 aliphatic carbocycles. The maximum Gasteiger partial charge on any atom is 1.00 e. The Balaban J connectivity index is -0.0000000904. The molecule has 90 valence electrons. The molecule has 0 heterocycles. The molecule has 0 fully saturated rings. The SMILES string of the molecule is CCCCC(CC)CO.O=P(O)(O)O.[H-].[K+]. The van der Waals surface area contributed by atoms with E-state index in [0.29, 0.717) is 12.5 Å². The standard InChI is InChI=1S/C8H18O.K.H3O4P.H/c1-3-5-6-8(4-2)7-9;;1-5(2,3)4;/h8-9H,3-7H2,1-2H3;;(H3,1,2,3,4);/q;+1;;-1. The van der Waals surface area contributed by atoms with Crippen molar-refractivity contribution >= 4 is 7.82 Å². The smallest absolute Gasteiger partial charge is 1.00 e. The van der Waals surface area contributed by atoms with Gasteiger partial charge in [0.15, 0.2) is 0 Å². The predicted octanol–water partition coefficient (Wildman–Crippen LogP) is -1.62. The Morgan fingerprint density at radius 1 is 1.27 bits per heavy atom. The van der Waals surface area contributed by atoms with Crippen molar-refractivity contribution in [2.45, 2.75) is 39.5 Å². The molecule has 0 spiro atoms. The second-order valence-corrected chi connectivity index (χ2v) is 4.14. The van der Waals surface area contributed by atoms with Crippen molar-refractivity contribution in [1.82, 2.24) is 0 Å². The average molecular weight is 268 g/mol. The van der Waals surface area contributed by atoms with Crippen molar-refractivity contribution in [3.8, 4) is 0 Å². The van der Waals surface area contributed by atoms with Crippen LogP contribution in [0, 0.1) is 5.92 Å². The third-order valence-corrected chi connectivity index (χ3v) is 1.80. The second kappa shape index (κ2) is 13.8. The maximum atomic E-state index is 8.88. The fourth-order valence-electron chi connectivity index (χ4n) is 0.917. The summed E-state index contributed by atoms with van der Waals surface area (Å²) in [5, 5.41) is 8.75. The van der Waals surface area contributed by atoms with Crippen LogP contribution in [0.1, 0.15) is 41.0 Å². The van der Waals surface area contributed by atoms with Crippen LogP contribution < -0.4 is 51.4 Å². The summed E-state index contributed by atoms with van der Waals surface area (Å²) in [6.45, 7) is 4.69. The molecule has 0 rings (SSSR count). The van der Waals surface area contributed by atoms with Gasteiger partial charge in [-0.1, -0.05) is 33.1 Å². The number of unbranched alkanes of at least 4 members (excludes halogenated alkanes) is 1. The molecule has 1 atom stereocenters. The molecular formula is C8H22KO5P. The van der Waals surface area contributed by atoms with Crippen LogP contribution in [-0.2, 0) is 4.57 Å². The van der Waals surface area contributed by atoms with Gasteiger partial charge in [0.05, 0.1) is 0 Å². The third kappa shape index (κ3) is 31.3. The van der Waals surface area contributed by atoms with Gasteiger partial charge in [-0.3, -0.25) is 0 Å². The molecular weight excluding hydrogens is 246 g/mol. The van der Waals surface area contributed by atoms with Gasteiger partial charge in [-0.15, -0.1) is 0 Å². The van der Waals surface area contributed by atoms with Gasteiger partial charge in [0, 0.05) is 6.61 Å². The van der Waals surface area contributed by atoms with Gasteiger partial charge in [0.2, 0.25) is 0 Å². The molecule has 1 unspecified atom stereocenters. The van der Waals surface area contributed by atoms with Crippen molar-refractivity contribution in [3.05, 3.63) is 0 Å². The Kier molecular flexibility index (Phi) is 20.1. The van der Waals surface area contributed by atoms with Crippen LogP contribution in [0.25, 0.3) is 0 Å². The minimum atomic E-state index is -4.64. The van der Waals surface area contributed by atoms with Gasteiger partial charge < -0.3 is 21.2 Å². The van der Waals surface area contributed by atoms with Gasteiger partial charge in [0.25, 0.3) is 0 Å². The number of hydrogen-bond donors (Lipinski definition) is 4. The van der Waals surface area contributed by atoms with Crippen LogP contribution in [0.5, 0.6) is 0 Å². The summed E-state index contributed by atoms with van der Waals surface area (Å²) in [5.41, 5.74) is 0. The molecule has 0 aromatic carbocycles. The van der Waals surface area contributed by atoms with Crippen molar-refractivity contribution in [2.75, 3.05) is 6.61 Å². The first-order chi connectivity index (χ1) is 6.35. The molecule has 0 aliphatic heterocycles. The van der Waals surface area contributed by atoms with E-state index in [2.05, 4.69) is 13.8 Å². The number of aliphatic hydroxyl groups excluding tert-OH is 1. The molecule has 0 bridgehead atoms. The van der Waals surface area contributed by atoms with Crippen molar-refractivity contribution in [1.29, 1.82) is 0 Å². The molecule has 0 radical (unpaired) electrons. The van der Waals surface area contributed by atoms with Crippen LogP contribution in [0.3, 0.4) is 0 Å². The molecule has 5 nitrogen and oxygen atoms in total. The van der Waals surface area contributed by atoms with E-state index in [9.17, 15) is 0 Å². The van der Waals surface area contributed by atoms with E-state index in [1.165, 1.54) is 19.3 Å². The van der Waals surface area contributed by atoms with E-state index >= 15 is 0 Å². The molecule has 15 heavy (non-hydrogen) atoms. The Bertz CT molecular complexity index is 154. The quantitative estimate of drug-likeness (QED) is 0.355. The molecule has 7 heteroatoms. The first kappa shape index (κ1) is 21.9. The van der Waals surface area contributed by atoms with Gasteiger partial charge in [-0.05, 0) is 12.3 Å². The number of aliphatic hydroxyl groups is 1. The summed E-state index contributed by atoms with van der Waals surface area (Å²) >= 11 is 0. The Labute approximate surface area is 135 Å². The van der Waals surface area contributed by atoms with E-state index in [1.807, 2.05) is 0 Å². The van der Waals surface area contributed by atoms with Gasteiger partial charge in [0.1, 0.15) is 0 Å². The van der Waals surface area contributed by atoms with E-state index in [4.69, 9.17) is 24.4 Å². The normalized spacial score (nSPS) is 12.1. The zero-order chi connectivity index (χ0) is 11.6. The first-order valence-corrected chi connectivity index (χ1v) is 6.30. The summed E-state index contributed by atoms with van der Waals surface area (Å²) < 4.78 is 8.88. The summed E-state index contributed by atoms with van der Waals surface area (Å²) in [6.07, 6.45) is 4.83. The van der Waals surface area contributed by atoms with Crippen LogP contribution >= 0.6 is 7.82 Å². The van der Waals surface area contributed by atoms with E-state index in [-0.39, 0.29) is 52.8 Å². The Hall–Kier alpha value is 1.71. The van der Waals surface area contributed by atoms with Crippen LogP contribution in [0.15, 0.2) is 0 Å². The van der Waals surface area contributed by atoms with Crippen LogP contribution in [0.4, 0.5) is 0 Å². The van der Waals surface area contributed by atoms with E-state index in [0.717, 1.165) is 6.42 Å². The molecule has 4 N–H and O–H groups in total. The Morgan fingerprint density at radius 2 is 1.67 bits per heavy atom. The van der Waals surface area contributed by atoms with Crippen LogP contribution in [0.2, 0.25) is 0 Å². The minimum Gasteiger partial charge on any atom is -1.00 e. The molecule has 0 aromatic heterocycles. The summed E-state index contributed by atoms with van der Waals surface area (Å²) in [7, 11) is -4.64. The van der Waals surface area contributed by atoms with Crippen molar-refractivity contribution in [2.24, 2.45) is 5.92 Å². The third-order valence-electron chi connectivity index (χ3n) is 1.80. The Morgan fingerprint density at radius 3 is 1.87 bits per heavy atom. The minimum absolute atomic E-state index is 0. The zero-order valence-corrected chi connectivity index (χ0v) is 13.8. The number of rotatable bonds is 5. The van der Waals surface area contributed by atoms with Crippen molar-refractivity contribution in [3.63, 3.8) is 0 Å². The summed E-state index contributed by atoms with van der Waals surface area (Å²) in [6, 6.07) is 0. The largest absolute Gasteiger partial charge is 1.00 e. The maximum absolute atomic E-state index is 8.88. The molecule has 0 amide bonds. The molecule has 0 saturated heterocycles. The van der Waals surface area contributed by atoms with Gasteiger partial charge >= 0.3 is 59.2 Å². The topological polar surface area (TPSA) is 98.0 Å². The van der Waals surface area contributed by atoms with Gasteiger partial charge in [-0.2, -0.15) is 0 Å². The summed E-state index contributed by atoms with van der Waals surface area (Å²) in [5.74, 6) is 0.560. The monoisotopic (exact) mass is 268 g/mol. The van der Waals surface area contributed by atoms with Crippen molar-refractivity contribution < 1.29 is 77.2 Å². The molecule has 0 aromatic rings. The summed E-state index contributed by atoms with van der Waals surface area (Å²) in [4.78, 5) is 21.6. The molecule has 0 aliphatic rings. The predicted molar refractivity (Wildman–Crippen MR) is 55.8 cm³/mol. The second-order valence-electron chi connectivity index (χ2n) is 3.11. The first-order valence-electron chi connectivity index (χ1n) is 4.74. The van der Waals surface area contributed by atoms with E-state index < -0.39 is 7.82 Å². The number of hydrogen-bond acceptors (Lipinski definition) is 2. The fraction of sp³-hybridized carbons (Fsp3) is 1.00. The number of phosphoric acid groups is 1. The average Bonchev–Trinajstić information content (AvgIpc) is 2.04. The van der Waals surface area contributed by atoms with E-state index in [1.54, 1.807) is 0 Å². The zero-order valence-electron chi connectivity index (χ0n) is 10.8.